The maximum absolute atomic E-state index is 6.60. The average molecular weight is 766 g/mol. The number of hydrogen-bond donors (Lipinski definition) is 1. The van der Waals surface area contributed by atoms with Crippen molar-refractivity contribution in [2.24, 2.45) is 9.98 Å². The van der Waals surface area contributed by atoms with Crippen molar-refractivity contribution in [1.29, 1.82) is 0 Å². The van der Waals surface area contributed by atoms with Gasteiger partial charge in [-0.15, -0.1) is 11.3 Å². The van der Waals surface area contributed by atoms with Gasteiger partial charge in [0.05, 0.1) is 0 Å². The van der Waals surface area contributed by atoms with Crippen molar-refractivity contribution in [2.75, 3.05) is 0 Å². The summed E-state index contributed by atoms with van der Waals surface area (Å²) < 4.78 is 7.84. The molecule has 58 heavy (non-hydrogen) atoms. The molecule has 1 atom stereocenters. The molecule has 1 N–H and O–H groups in total. The van der Waals surface area contributed by atoms with Crippen LogP contribution in [0.25, 0.3) is 81.5 Å². The second-order valence-corrected chi connectivity index (χ2v) is 16.5. The number of fused-ring (bicyclic) bond motifs is 12. The minimum absolute atomic E-state index is 0.594. The largest absolute Gasteiger partial charge is 0.456 e. The van der Waals surface area contributed by atoms with Gasteiger partial charge in [-0.3, -0.25) is 0 Å². The van der Waals surface area contributed by atoms with Gasteiger partial charge in [-0.1, -0.05) is 128 Å². The molecule has 1 aliphatic heterocycles. The molecule has 5 heteroatoms. The number of thiophene rings is 1. The molecule has 278 valence electrons. The maximum Gasteiger partial charge on any atom is 0.159 e. The van der Waals surface area contributed by atoms with Crippen molar-refractivity contribution in [3.63, 3.8) is 0 Å². The number of nitrogens with zero attached hydrogens (tertiary/aromatic N) is 2. The van der Waals surface area contributed by atoms with E-state index in [9.17, 15) is 0 Å². The van der Waals surface area contributed by atoms with Crippen molar-refractivity contribution >= 4 is 93.4 Å². The van der Waals surface area contributed by atoms with Crippen LogP contribution in [0.4, 0.5) is 0 Å². The number of allylic oxidation sites excluding steroid dienone is 4. The first-order valence-electron chi connectivity index (χ1n) is 19.9. The molecule has 11 rings (SSSR count). The Morgan fingerprint density at radius 3 is 2.21 bits per heavy atom. The second kappa shape index (κ2) is 13.4. The van der Waals surface area contributed by atoms with E-state index < -0.39 is 5.66 Å². The van der Waals surface area contributed by atoms with E-state index in [2.05, 4.69) is 152 Å². The summed E-state index contributed by atoms with van der Waals surface area (Å²) in [5.74, 6) is 1.37. The van der Waals surface area contributed by atoms with E-state index >= 15 is 0 Å². The number of aliphatic imine (C=N–C) groups is 2. The summed E-state index contributed by atoms with van der Waals surface area (Å²) in [4.78, 5) is 11.9. The fourth-order valence-electron chi connectivity index (χ4n) is 9.07. The van der Waals surface area contributed by atoms with Crippen LogP contribution in [0.3, 0.4) is 0 Å². The fraction of sp³-hybridized carbons (Fsp3) is 0.0943. The van der Waals surface area contributed by atoms with Crippen molar-refractivity contribution < 1.29 is 4.42 Å². The quantitative estimate of drug-likeness (QED) is 0.135. The van der Waals surface area contributed by atoms with E-state index in [1.54, 1.807) is 0 Å². The number of nitrogens with one attached hydrogen (secondary N) is 1. The van der Waals surface area contributed by atoms with Gasteiger partial charge in [-0.2, -0.15) is 0 Å². The molecular formula is C53H39N3OS. The topological polar surface area (TPSA) is 49.9 Å². The third kappa shape index (κ3) is 5.42. The van der Waals surface area contributed by atoms with Crippen LogP contribution in [-0.2, 0) is 12.1 Å². The van der Waals surface area contributed by atoms with Crippen molar-refractivity contribution in [2.45, 2.75) is 32.4 Å². The van der Waals surface area contributed by atoms with Crippen LogP contribution in [0.1, 0.15) is 41.8 Å². The predicted octanol–water partition coefficient (Wildman–Crippen LogP) is 14.2. The molecular weight excluding hydrogens is 727 g/mol. The Bertz CT molecular complexity index is 3330. The van der Waals surface area contributed by atoms with Gasteiger partial charge < -0.3 is 9.73 Å². The van der Waals surface area contributed by atoms with Gasteiger partial charge in [0.2, 0.25) is 0 Å². The van der Waals surface area contributed by atoms with Gasteiger partial charge in [0, 0.05) is 37.0 Å². The molecule has 0 saturated carbocycles. The normalized spacial score (nSPS) is 16.9. The molecule has 2 aromatic heterocycles. The van der Waals surface area contributed by atoms with E-state index in [1.807, 2.05) is 42.6 Å². The lowest BCUT2D eigenvalue weighted by Crippen LogP contribution is -2.46. The molecule has 0 saturated heterocycles. The lowest BCUT2D eigenvalue weighted by molar-refractivity contribution is 0.459. The Kier molecular flexibility index (Phi) is 7.95. The molecule has 0 fully saturated rings. The smallest absolute Gasteiger partial charge is 0.159 e. The van der Waals surface area contributed by atoms with Crippen LogP contribution >= 0.6 is 11.3 Å². The van der Waals surface area contributed by atoms with Crippen LogP contribution in [0, 0.1) is 0 Å². The molecule has 4 nitrogen and oxygen atoms in total. The Morgan fingerprint density at radius 2 is 1.43 bits per heavy atom. The predicted molar refractivity (Wildman–Crippen MR) is 248 cm³/mol. The Labute approximate surface area is 340 Å². The number of benzene rings is 7. The minimum atomic E-state index is -0.905. The molecule has 9 aromatic rings. The van der Waals surface area contributed by atoms with Crippen molar-refractivity contribution in [1.82, 2.24) is 5.32 Å². The molecule has 2 aliphatic rings. The maximum atomic E-state index is 6.60. The van der Waals surface area contributed by atoms with Crippen molar-refractivity contribution in [3.8, 4) is 11.1 Å². The van der Waals surface area contributed by atoms with Crippen LogP contribution in [-0.4, -0.2) is 11.7 Å². The summed E-state index contributed by atoms with van der Waals surface area (Å²) >= 11 is 1.84. The number of rotatable bonds is 6. The van der Waals surface area contributed by atoms with Gasteiger partial charge >= 0.3 is 0 Å². The molecule has 0 amide bonds. The summed E-state index contributed by atoms with van der Waals surface area (Å²) in [6.07, 6.45) is 14.6. The van der Waals surface area contributed by atoms with Gasteiger partial charge in [-0.25, -0.2) is 9.98 Å². The summed E-state index contributed by atoms with van der Waals surface area (Å²) in [5, 5.41) is 14.8. The highest BCUT2D eigenvalue weighted by molar-refractivity contribution is 7.20. The highest BCUT2D eigenvalue weighted by Gasteiger charge is 2.35. The Morgan fingerprint density at radius 1 is 0.741 bits per heavy atom. The summed E-state index contributed by atoms with van der Waals surface area (Å²) in [5.41, 5.74) is 7.27. The zero-order valence-corrected chi connectivity index (χ0v) is 33.2. The Balaban J connectivity index is 1.08. The zero-order chi connectivity index (χ0) is 39.0. The van der Waals surface area contributed by atoms with E-state index in [0.29, 0.717) is 5.84 Å². The zero-order valence-electron chi connectivity index (χ0n) is 32.3. The second-order valence-electron chi connectivity index (χ2n) is 15.4. The van der Waals surface area contributed by atoms with Crippen LogP contribution < -0.4 is 5.32 Å². The fourth-order valence-corrected chi connectivity index (χ4v) is 10.4. The van der Waals surface area contributed by atoms with Crippen LogP contribution in [0.5, 0.6) is 0 Å². The lowest BCUT2D eigenvalue weighted by atomic mass is 9.91. The van der Waals surface area contributed by atoms with Crippen LogP contribution in [0.2, 0.25) is 0 Å². The SMILES string of the molecule is C=C(/C=C\C=C/C)C1=NC(C)(c2cccc3oc4ccc(-c5ccc6c7ccccc7c7ccccc7c6c5)cc4c23)NC(c2cccc3c4c(sc23)C=CCC4)=N1. The van der Waals surface area contributed by atoms with Crippen molar-refractivity contribution in [3.05, 3.63) is 185 Å². The number of hydrogen-bond acceptors (Lipinski definition) is 5. The van der Waals surface area contributed by atoms with E-state index in [1.165, 1.54) is 52.8 Å². The van der Waals surface area contributed by atoms with E-state index in [0.717, 1.165) is 68.4 Å². The number of amidine groups is 2. The molecule has 7 aromatic carbocycles. The van der Waals surface area contributed by atoms with E-state index in [4.69, 9.17) is 14.4 Å². The van der Waals surface area contributed by atoms with Gasteiger partial charge in [0.25, 0.3) is 0 Å². The molecule has 0 radical (unpaired) electrons. The summed E-state index contributed by atoms with van der Waals surface area (Å²) in [7, 11) is 0. The third-order valence-electron chi connectivity index (χ3n) is 11.8. The first-order valence-corrected chi connectivity index (χ1v) is 20.7. The average Bonchev–Trinajstić information content (AvgIpc) is 3.84. The Hall–Kier alpha value is -6.82. The molecule has 3 heterocycles. The van der Waals surface area contributed by atoms with Gasteiger partial charge in [-0.05, 0) is 117 Å². The van der Waals surface area contributed by atoms with Crippen LogP contribution in [0.15, 0.2) is 178 Å². The minimum Gasteiger partial charge on any atom is -0.456 e. The summed E-state index contributed by atoms with van der Waals surface area (Å²) in [6.45, 7) is 8.59. The standard InChI is InChI=1S/C53H39N3OS/c1-4-5-6-15-32(2)51-54-52(42-22-13-21-41-40-20-11-12-25-48(40)58-50(41)42)56-53(3,55-51)45-23-14-24-47-49(45)44-31-34(27-29-46(44)57-47)33-26-28-39-37-18-8-7-16-35(37)36-17-9-10-19-38(36)43(39)30-33/h4-10,12-19,21-31H,2,11,20H2,1,3H3,(H,54,55,56)/b5-4-,15-6-. The highest BCUT2D eigenvalue weighted by Crippen LogP contribution is 2.43. The third-order valence-corrected chi connectivity index (χ3v) is 13.1. The lowest BCUT2D eigenvalue weighted by Gasteiger charge is -2.33. The molecule has 1 aliphatic carbocycles. The molecule has 0 bridgehead atoms. The summed E-state index contributed by atoms with van der Waals surface area (Å²) in [6, 6.07) is 43.8. The first kappa shape index (κ1) is 34.4. The molecule has 1 unspecified atom stereocenters. The van der Waals surface area contributed by atoms with Gasteiger partial charge in [0.15, 0.2) is 11.5 Å². The van der Waals surface area contributed by atoms with E-state index in [-0.39, 0.29) is 0 Å². The first-order chi connectivity index (χ1) is 28.5. The van der Waals surface area contributed by atoms with Gasteiger partial charge in [0.1, 0.15) is 17.0 Å². The number of furan rings is 1. The molecule has 0 spiro atoms. The monoisotopic (exact) mass is 765 g/mol. The number of aryl methyl sites for hydroxylation is 1. The highest BCUT2D eigenvalue weighted by atomic mass is 32.1.